The first-order chi connectivity index (χ1) is 12.5. The van der Waals surface area contributed by atoms with E-state index in [0.29, 0.717) is 0 Å². The van der Waals surface area contributed by atoms with Crippen molar-refractivity contribution in [1.82, 2.24) is 0 Å². The maximum absolute atomic E-state index is 14.3. The fourth-order valence-electron chi connectivity index (χ4n) is 4.82. The van der Waals surface area contributed by atoms with Crippen molar-refractivity contribution in [3.63, 3.8) is 0 Å². The smallest absolute Gasteiger partial charge is 0.192 e. The molecular formula is C23H30F2O. The van der Waals surface area contributed by atoms with Gasteiger partial charge in [0.25, 0.3) is 0 Å². The van der Waals surface area contributed by atoms with Gasteiger partial charge in [0.1, 0.15) is 0 Å². The molecule has 0 heterocycles. The molecule has 2 aliphatic carbocycles. The zero-order valence-electron chi connectivity index (χ0n) is 15.9. The average molecular weight is 360 g/mol. The van der Waals surface area contributed by atoms with Crippen LogP contribution in [-0.2, 0) is 0 Å². The van der Waals surface area contributed by atoms with Crippen molar-refractivity contribution >= 4 is 0 Å². The van der Waals surface area contributed by atoms with E-state index in [1.807, 2.05) is 0 Å². The Morgan fingerprint density at radius 3 is 1.96 bits per heavy atom. The van der Waals surface area contributed by atoms with E-state index >= 15 is 0 Å². The van der Waals surface area contributed by atoms with E-state index in [1.165, 1.54) is 50.7 Å². The van der Waals surface area contributed by atoms with Crippen LogP contribution < -0.4 is 4.74 Å². The Balaban J connectivity index is 1.62. The average Bonchev–Trinajstić information content (AvgIpc) is 2.65. The van der Waals surface area contributed by atoms with E-state index in [2.05, 4.69) is 12.8 Å². The Labute approximate surface area is 156 Å². The summed E-state index contributed by atoms with van der Waals surface area (Å²) in [6, 6.07) is 2.88. The van der Waals surface area contributed by atoms with Crippen LogP contribution in [0, 0.1) is 41.7 Å². The Morgan fingerprint density at radius 1 is 0.962 bits per heavy atom. The van der Waals surface area contributed by atoms with Gasteiger partial charge in [-0.3, -0.25) is 0 Å². The minimum Gasteiger partial charge on any atom is -0.472 e. The molecule has 2 saturated carbocycles. The molecule has 0 amide bonds. The summed E-state index contributed by atoms with van der Waals surface area (Å²) in [4.78, 5) is 0. The number of halogens is 2. The molecule has 1 aromatic rings. The van der Waals surface area contributed by atoms with Crippen LogP contribution in [0.25, 0.3) is 0 Å². The summed E-state index contributed by atoms with van der Waals surface area (Å²) >= 11 is 0. The summed E-state index contributed by atoms with van der Waals surface area (Å²) in [5.74, 6) is 3.47. The number of hydrogen-bond acceptors (Lipinski definition) is 1. The molecule has 2 aliphatic rings. The Hall–Kier alpha value is -1.56. The highest BCUT2D eigenvalue weighted by Gasteiger charge is 2.31. The normalized spacial score (nSPS) is 30.4. The molecule has 142 valence electrons. The fourth-order valence-corrected chi connectivity index (χ4v) is 4.82. The molecule has 1 atom stereocenters. The zero-order valence-corrected chi connectivity index (χ0v) is 15.9. The second kappa shape index (κ2) is 8.42. The van der Waals surface area contributed by atoms with Gasteiger partial charge in [0.2, 0.25) is 0 Å². The minimum absolute atomic E-state index is 0.247. The van der Waals surface area contributed by atoms with Gasteiger partial charge < -0.3 is 4.74 Å². The molecule has 3 heteroatoms. The predicted molar refractivity (Wildman–Crippen MR) is 101 cm³/mol. The summed E-state index contributed by atoms with van der Waals surface area (Å²) in [6.45, 7) is 3.95. The van der Waals surface area contributed by atoms with Crippen molar-refractivity contribution in [2.75, 3.05) is 0 Å². The van der Waals surface area contributed by atoms with Gasteiger partial charge in [-0.15, -0.1) is 6.42 Å². The van der Waals surface area contributed by atoms with Crippen molar-refractivity contribution in [3.05, 3.63) is 29.3 Å². The van der Waals surface area contributed by atoms with Crippen molar-refractivity contribution < 1.29 is 13.5 Å². The summed E-state index contributed by atoms with van der Waals surface area (Å²) in [6.07, 6.45) is 14.4. The quantitative estimate of drug-likeness (QED) is 0.559. The maximum Gasteiger partial charge on any atom is 0.192 e. The van der Waals surface area contributed by atoms with Crippen molar-refractivity contribution in [2.45, 2.75) is 77.2 Å². The van der Waals surface area contributed by atoms with Crippen LogP contribution >= 0.6 is 0 Å². The SMILES string of the molecule is C#CC(C)Oc1c(F)cc(C2CCC(C3CCC(C)CC3)CC2)cc1F. The molecule has 0 bridgehead atoms. The number of hydrogen-bond donors (Lipinski definition) is 0. The Morgan fingerprint density at radius 2 is 1.46 bits per heavy atom. The molecule has 0 radical (unpaired) electrons. The number of rotatable bonds is 4. The molecular weight excluding hydrogens is 330 g/mol. The largest absolute Gasteiger partial charge is 0.472 e. The first kappa shape index (κ1) is 19.2. The Bertz CT molecular complexity index is 624. The third-order valence-electron chi connectivity index (χ3n) is 6.52. The summed E-state index contributed by atoms with van der Waals surface area (Å²) in [7, 11) is 0. The van der Waals surface area contributed by atoms with E-state index in [9.17, 15) is 8.78 Å². The van der Waals surface area contributed by atoms with Crippen LogP contribution in [0.1, 0.15) is 76.7 Å². The van der Waals surface area contributed by atoms with Gasteiger partial charge in [0.05, 0.1) is 0 Å². The lowest BCUT2D eigenvalue weighted by Gasteiger charge is -2.37. The molecule has 0 saturated heterocycles. The van der Waals surface area contributed by atoms with Crippen LogP contribution in [0.3, 0.4) is 0 Å². The second-order valence-corrected chi connectivity index (χ2v) is 8.37. The lowest BCUT2D eigenvalue weighted by molar-refractivity contribution is 0.165. The summed E-state index contributed by atoms with van der Waals surface area (Å²) in [5, 5.41) is 0. The van der Waals surface area contributed by atoms with E-state index in [4.69, 9.17) is 11.2 Å². The molecule has 26 heavy (non-hydrogen) atoms. The van der Waals surface area contributed by atoms with Gasteiger partial charge >= 0.3 is 0 Å². The van der Waals surface area contributed by atoms with Gasteiger partial charge in [-0.1, -0.05) is 25.7 Å². The maximum atomic E-state index is 14.3. The van der Waals surface area contributed by atoms with Crippen LogP contribution in [-0.4, -0.2) is 6.10 Å². The van der Waals surface area contributed by atoms with Gasteiger partial charge in [0, 0.05) is 0 Å². The number of terminal acetylenes is 1. The van der Waals surface area contributed by atoms with E-state index < -0.39 is 17.7 Å². The Kier molecular flexibility index (Phi) is 6.22. The second-order valence-electron chi connectivity index (χ2n) is 8.37. The molecule has 2 fully saturated rings. The van der Waals surface area contributed by atoms with Crippen molar-refractivity contribution in [2.24, 2.45) is 17.8 Å². The van der Waals surface area contributed by atoms with Crippen LogP contribution in [0.5, 0.6) is 5.75 Å². The lowest BCUT2D eigenvalue weighted by Crippen LogP contribution is -2.24. The summed E-state index contributed by atoms with van der Waals surface area (Å²) < 4.78 is 33.9. The first-order valence-electron chi connectivity index (χ1n) is 10.1. The molecule has 3 rings (SSSR count). The number of ether oxygens (including phenoxy) is 1. The molecule has 0 aromatic heterocycles. The lowest BCUT2D eigenvalue weighted by atomic mass is 9.68. The standard InChI is InChI=1S/C23H30F2O/c1-4-16(3)26-23-21(24)13-20(14-22(23)25)19-11-9-18(10-12-19)17-7-5-15(2)6-8-17/h1,13-19H,5-12H2,2-3H3. The predicted octanol–water partition coefficient (Wildman–Crippen LogP) is 6.47. The molecule has 0 aliphatic heterocycles. The van der Waals surface area contributed by atoms with Crippen LogP contribution in [0.4, 0.5) is 8.78 Å². The first-order valence-corrected chi connectivity index (χ1v) is 10.1. The zero-order chi connectivity index (χ0) is 18.7. The fraction of sp³-hybridized carbons (Fsp3) is 0.652. The van der Waals surface area contributed by atoms with E-state index in [0.717, 1.165) is 36.2 Å². The van der Waals surface area contributed by atoms with E-state index in [-0.39, 0.29) is 11.7 Å². The van der Waals surface area contributed by atoms with Gasteiger partial charge in [0.15, 0.2) is 23.5 Å². The monoisotopic (exact) mass is 360 g/mol. The van der Waals surface area contributed by atoms with Crippen LogP contribution in [0.15, 0.2) is 12.1 Å². The third-order valence-corrected chi connectivity index (χ3v) is 6.52. The van der Waals surface area contributed by atoms with E-state index in [1.54, 1.807) is 6.92 Å². The van der Waals surface area contributed by atoms with Crippen LogP contribution in [0.2, 0.25) is 0 Å². The molecule has 1 nitrogen and oxygen atoms in total. The molecule has 0 spiro atoms. The van der Waals surface area contributed by atoms with Crippen molar-refractivity contribution in [3.8, 4) is 18.1 Å². The summed E-state index contributed by atoms with van der Waals surface area (Å²) in [5.41, 5.74) is 0.761. The molecule has 0 N–H and O–H groups in total. The highest BCUT2D eigenvalue weighted by Crippen LogP contribution is 2.44. The van der Waals surface area contributed by atoms with Gasteiger partial charge in [-0.05, 0) is 86.8 Å². The molecule has 1 aromatic carbocycles. The number of benzene rings is 1. The topological polar surface area (TPSA) is 9.23 Å². The highest BCUT2D eigenvalue weighted by molar-refractivity contribution is 5.34. The van der Waals surface area contributed by atoms with Gasteiger partial charge in [-0.2, -0.15) is 0 Å². The van der Waals surface area contributed by atoms with Crippen molar-refractivity contribution in [1.29, 1.82) is 0 Å². The minimum atomic E-state index is -0.654. The third kappa shape index (κ3) is 4.40. The molecule has 1 unspecified atom stereocenters. The highest BCUT2D eigenvalue weighted by atomic mass is 19.1. The van der Waals surface area contributed by atoms with Gasteiger partial charge in [-0.25, -0.2) is 8.78 Å².